The quantitative estimate of drug-likeness (QED) is 0.629. The highest BCUT2D eigenvalue weighted by atomic mass is 16.6. The summed E-state index contributed by atoms with van der Waals surface area (Å²) in [7, 11) is 0. The fourth-order valence-electron chi connectivity index (χ4n) is 2.51. The molecule has 3 N–H and O–H groups in total. The predicted molar refractivity (Wildman–Crippen MR) is 74.2 cm³/mol. The number of non-ortho nitro benzene ring substituents is 1. The van der Waals surface area contributed by atoms with Crippen LogP contribution in [0.15, 0.2) is 18.2 Å². The molecule has 1 aromatic rings. The van der Waals surface area contributed by atoms with Crippen LogP contribution in [-0.4, -0.2) is 35.0 Å². The second-order valence-corrected chi connectivity index (χ2v) is 4.95. The maximum Gasteiger partial charge on any atom is 0.308 e. The molecule has 1 saturated heterocycles. The number of carbonyl (C=O) groups excluding carboxylic acids is 1. The number of nitrogens with two attached hydrogens (primary N) is 1. The Bertz CT molecular complexity index is 601. The molecule has 1 fully saturated rings. The standard InChI is InChI=1S/C13H15N3O5/c14-12(17)10-6-9(16(20)21)3-4-11(10)15-5-1-2-8(7-15)13(18)19/h3-4,6,8H,1-2,5,7H2,(H2,14,17)(H,18,19)/t8-/m1/s1. The fraction of sp³-hybridized carbons (Fsp3) is 0.385. The first-order valence-corrected chi connectivity index (χ1v) is 6.46. The van der Waals surface area contributed by atoms with Gasteiger partial charge in [0.15, 0.2) is 0 Å². The van der Waals surface area contributed by atoms with Crippen LogP contribution in [-0.2, 0) is 4.79 Å². The number of nitro benzene ring substituents is 1. The summed E-state index contributed by atoms with van der Waals surface area (Å²) in [6.45, 7) is 0.843. The number of hydrogen-bond acceptors (Lipinski definition) is 5. The van der Waals surface area contributed by atoms with E-state index < -0.39 is 22.7 Å². The zero-order valence-corrected chi connectivity index (χ0v) is 11.2. The van der Waals surface area contributed by atoms with Crippen molar-refractivity contribution in [1.82, 2.24) is 0 Å². The van der Waals surface area contributed by atoms with E-state index in [4.69, 9.17) is 10.8 Å². The molecule has 0 aliphatic carbocycles. The van der Waals surface area contributed by atoms with Gasteiger partial charge in [0.1, 0.15) is 0 Å². The predicted octanol–water partition coefficient (Wildman–Crippen LogP) is 0.995. The summed E-state index contributed by atoms with van der Waals surface area (Å²) in [5.41, 5.74) is 5.54. The molecular formula is C13H15N3O5. The summed E-state index contributed by atoms with van der Waals surface area (Å²) in [4.78, 5) is 34.5. The van der Waals surface area contributed by atoms with Crippen LogP contribution in [0.2, 0.25) is 0 Å². The summed E-state index contributed by atoms with van der Waals surface area (Å²) in [6, 6.07) is 3.86. The maximum atomic E-state index is 11.5. The number of anilines is 1. The second kappa shape index (κ2) is 5.78. The molecule has 2 rings (SSSR count). The number of piperidine rings is 1. The Balaban J connectivity index is 2.36. The smallest absolute Gasteiger partial charge is 0.308 e. The summed E-state index contributed by atoms with van der Waals surface area (Å²) in [5.74, 6) is -2.18. The number of benzene rings is 1. The molecule has 1 heterocycles. The van der Waals surface area contributed by atoms with Crippen molar-refractivity contribution in [3.05, 3.63) is 33.9 Å². The van der Waals surface area contributed by atoms with E-state index in [1.807, 2.05) is 0 Å². The van der Waals surface area contributed by atoms with Crippen molar-refractivity contribution >= 4 is 23.3 Å². The van der Waals surface area contributed by atoms with Crippen LogP contribution in [0.4, 0.5) is 11.4 Å². The van der Waals surface area contributed by atoms with Crippen molar-refractivity contribution in [2.24, 2.45) is 11.7 Å². The Labute approximate surface area is 120 Å². The van der Waals surface area contributed by atoms with E-state index in [1.165, 1.54) is 12.1 Å². The number of aliphatic carboxylic acids is 1. The first kappa shape index (κ1) is 14.8. The molecule has 1 aromatic carbocycles. The van der Waals surface area contributed by atoms with E-state index in [0.717, 1.165) is 6.07 Å². The van der Waals surface area contributed by atoms with Gasteiger partial charge in [-0.3, -0.25) is 19.7 Å². The van der Waals surface area contributed by atoms with Gasteiger partial charge in [-0.25, -0.2) is 0 Å². The molecule has 1 aliphatic rings. The minimum Gasteiger partial charge on any atom is -0.481 e. The van der Waals surface area contributed by atoms with Crippen LogP contribution in [0.25, 0.3) is 0 Å². The maximum absolute atomic E-state index is 11.5. The lowest BCUT2D eigenvalue weighted by atomic mass is 9.97. The lowest BCUT2D eigenvalue weighted by Gasteiger charge is -2.33. The van der Waals surface area contributed by atoms with Crippen molar-refractivity contribution in [2.75, 3.05) is 18.0 Å². The van der Waals surface area contributed by atoms with Gasteiger partial charge in [-0.05, 0) is 18.9 Å². The SMILES string of the molecule is NC(=O)c1cc([N+](=O)[O-])ccc1N1CCC[C@@H](C(=O)O)C1. The van der Waals surface area contributed by atoms with Gasteiger partial charge >= 0.3 is 5.97 Å². The number of primary amides is 1. The van der Waals surface area contributed by atoms with E-state index in [2.05, 4.69) is 0 Å². The highest BCUT2D eigenvalue weighted by Gasteiger charge is 2.28. The minimum atomic E-state index is -0.887. The molecule has 8 heteroatoms. The Hall–Kier alpha value is -2.64. The molecular weight excluding hydrogens is 278 g/mol. The highest BCUT2D eigenvalue weighted by Crippen LogP contribution is 2.29. The lowest BCUT2D eigenvalue weighted by Crippen LogP contribution is -2.39. The first-order valence-electron chi connectivity index (χ1n) is 6.46. The van der Waals surface area contributed by atoms with Gasteiger partial charge in [-0.2, -0.15) is 0 Å². The van der Waals surface area contributed by atoms with Gasteiger partial charge in [0.25, 0.3) is 11.6 Å². The van der Waals surface area contributed by atoms with Crippen LogP contribution in [0.5, 0.6) is 0 Å². The molecule has 0 bridgehead atoms. The van der Waals surface area contributed by atoms with Crippen LogP contribution in [0, 0.1) is 16.0 Å². The fourth-order valence-corrected chi connectivity index (χ4v) is 2.51. The van der Waals surface area contributed by atoms with Gasteiger partial charge in [0.2, 0.25) is 0 Å². The topological polar surface area (TPSA) is 127 Å². The number of carboxylic acids is 1. The number of nitro groups is 1. The Kier molecular flexibility index (Phi) is 4.06. The summed E-state index contributed by atoms with van der Waals surface area (Å²) in [5, 5.41) is 19.9. The van der Waals surface area contributed by atoms with Crippen LogP contribution < -0.4 is 10.6 Å². The van der Waals surface area contributed by atoms with E-state index in [-0.39, 0.29) is 17.8 Å². The van der Waals surface area contributed by atoms with Gasteiger partial charge in [-0.1, -0.05) is 0 Å². The zero-order valence-electron chi connectivity index (χ0n) is 11.2. The second-order valence-electron chi connectivity index (χ2n) is 4.95. The number of rotatable bonds is 4. The molecule has 0 radical (unpaired) electrons. The third kappa shape index (κ3) is 3.10. The third-order valence-electron chi connectivity index (χ3n) is 3.57. The Morgan fingerprint density at radius 1 is 1.43 bits per heavy atom. The third-order valence-corrected chi connectivity index (χ3v) is 3.57. The Morgan fingerprint density at radius 3 is 2.71 bits per heavy atom. The minimum absolute atomic E-state index is 0.0373. The normalized spacial score (nSPS) is 18.3. The molecule has 8 nitrogen and oxygen atoms in total. The molecule has 0 spiro atoms. The number of amides is 1. The van der Waals surface area contributed by atoms with E-state index >= 15 is 0 Å². The molecule has 1 amide bonds. The molecule has 21 heavy (non-hydrogen) atoms. The molecule has 0 aromatic heterocycles. The lowest BCUT2D eigenvalue weighted by molar-refractivity contribution is -0.384. The number of nitrogens with zero attached hydrogens (tertiary/aromatic N) is 2. The van der Waals surface area contributed by atoms with E-state index in [9.17, 15) is 19.7 Å². The van der Waals surface area contributed by atoms with Gasteiger partial charge in [0.05, 0.1) is 22.1 Å². The number of carbonyl (C=O) groups is 2. The van der Waals surface area contributed by atoms with E-state index in [0.29, 0.717) is 25.1 Å². The van der Waals surface area contributed by atoms with Crippen molar-refractivity contribution in [2.45, 2.75) is 12.8 Å². The molecule has 0 saturated carbocycles. The molecule has 0 unspecified atom stereocenters. The van der Waals surface area contributed by atoms with Crippen molar-refractivity contribution < 1.29 is 19.6 Å². The summed E-state index contributed by atoms with van der Waals surface area (Å²) >= 11 is 0. The van der Waals surface area contributed by atoms with Crippen molar-refractivity contribution in [3.63, 3.8) is 0 Å². The average Bonchev–Trinajstić information content (AvgIpc) is 2.46. The van der Waals surface area contributed by atoms with Crippen LogP contribution >= 0.6 is 0 Å². The van der Waals surface area contributed by atoms with Crippen LogP contribution in [0.1, 0.15) is 23.2 Å². The largest absolute Gasteiger partial charge is 0.481 e. The van der Waals surface area contributed by atoms with Gasteiger partial charge in [-0.15, -0.1) is 0 Å². The van der Waals surface area contributed by atoms with Gasteiger partial charge < -0.3 is 15.7 Å². The molecule has 112 valence electrons. The van der Waals surface area contributed by atoms with Crippen molar-refractivity contribution in [1.29, 1.82) is 0 Å². The van der Waals surface area contributed by atoms with E-state index in [1.54, 1.807) is 4.90 Å². The Morgan fingerprint density at radius 2 is 2.14 bits per heavy atom. The number of carboxylic acid groups (broad SMARTS) is 1. The highest BCUT2D eigenvalue weighted by molar-refractivity contribution is 5.99. The molecule has 1 atom stereocenters. The zero-order chi connectivity index (χ0) is 15.6. The molecule has 1 aliphatic heterocycles. The summed E-state index contributed by atoms with van der Waals surface area (Å²) in [6.07, 6.45) is 1.25. The van der Waals surface area contributed by atoms with Crippen LogP contribution in [0.3, 0.4) is 0 Å². The van der Waals surface area contributed by atoms with Crippen molar-refractivity contribution in [3.8, 4) is 0 Å². The van der Waals surface area contributed by atoms with Gasteiger partial charge in [0, 0.05) is 25.2 Å². The summed E-state index contributed by atoms with van der Waals surface area (Å²) < 4.78 is 0. The average molecular weight is 293 g/mol. The first-order chi connectivity index (χ1) is 9.90. The monoisotopic (exact) mass is 293 g/mol. The number of hydrogen-bond donors (Lipinski definition) is 2.